The number of rotatable bonds is 5. The van der Waals surface area contributed by atoms with Gasteiger partial charge in [-0.15, -0.1) is 0 Å². The number of hydrogen-bond donors (Lipinski definition) is 3. The standard InChI is InChI=1S/C21H27IN4O4/c1-20(2,3)30-19(28)26-21(4,5)11-29-14-10-23-8-6-12(14)17-16(22)15-13(25-17)7-9-24-18(15)27/h6,8,10,25H,7,9,11H2,1-5H3,(H,24,27)(H,26,28). The molecule has 0 aromatic carbocycles. The molecule has 3 N–H and O–H groups in total. The summed E-state index contributed by atoms with van der Waals surface area (Å²) in [5.74, 6) is 0.496. The minimum atomic E-state index is -0.669. The number of alkyl carbamates (subject to hydrolysis) is 1. The highest BCUT2D eigenvalue weighted by atomic mass is 127. The minimum absolute atomic E-state index is 0.0673. The maximum atomic E-state index is 12.3. The van der Waals surface area contributed by atoms with E-state index in [0.717, 1.165) is 26.9 Å². The summed E-state index contributed by atoms with van der Waals surface area (Å²) in [5.41, 5.74) is 2.00. The van der Waals surface area contributed by atoms with E-state index in [-0.39, 0.29) is 12.5 Å². The average Bonchev–Trinajstić information content (AvgIpc) is 2.96. The molecule has 3 rings (SSSR count). The Morgan fingerprint density at radius 3 is 2.70 bits per heavy atom. The number of halogens is 1. The van der Waals surface area contributed by atoms with Crippen LogP contribution < -0.4 is 15.4 Å². The van der Waals surface area contributed by atoms with Crippen molar-refractivity contribution in [2.75, 3.05) is 13.2 Å². The van der Waals surface area contributed by atoms with Gasteiger partial charge >= 0.3 is 6.09 Å². The quantitative estimate of drug-likeness (QED) is 0.516. The number of amides is 2. The van der Waals surface area contributed by atoms with Gasteiger partial charge in [-0.2, -0.15) is 0 Å². The molecular weight excluding hydrogens is 499 g/mol. The molecule has 0 saturated carbocycles. The molecule has 0 unspecified atom stereocenters. The Hall–Kier alpha value is -2.30. The van der Waals surface area contributed by atoms with E-state index in [1.165, 1.54) is 0 Å². The van der Waals surface area contributed by atoms with E-state index in [4.69, 9.17) is 9.47 Å². The van der Waals surface area contributed by atoms with Crippen LogP contribution in [0.1, 0.15) is 50.7 Å². The van der Waals surface area contributed by atoms with Crippen molar-refractivity contribution in [3.05, 3.63) is 33.3 Å². The van der Waals surface area contributed by atoms with Gasteiger partial charge in [0.1, 0.15) is 18.0 Å². The van der Waals surface area contributed by atoms with Crippen LogP contribution >= 0.6 is 22.6 Å². The average molecular weight is 526 g/mol. The van der Waals surface area contributed by atoms with Crippen molar-refractivity contribution in [2.45, 2.75) is 52.2 Å². The van der Waals surface area contributed by atoms with E-state index in [1.54, 1.807) is 12.4 Å². The van der Waals surface area contributed by atoms with E-state index >= 15 is 0 Å². The highest BCUT2D eigenvalue weighted by Crippen LogP contribution is 2.36. The summed E-state index contributed by atoms with van der Waals surface area (Å²) in [4.78, 5) is 31.9. The SMILES string of the molecule is CC(C)(COc1cnccc1-c1[nH]c2c(c1I)C(=O)NCC2)NC(=O)OC(C)(C)C. The molecule has 2 amide bonds. The Balaban J connectivity index is 1.79. The van der Waals surface area contributed by atoms with Crippen LogP contribution in [-0.2, 0) is 11.2 Å². The first kappa shape index (κ1) is 22.4. The number of aromatic amines is 1. The van der Waals surface area contributed by atoms with Gasteiger partial charge in [-0.1, -0.05) is 0 Å². The van der Waals surface area contributed by atoms with Crippen LogP contribution in [0.2, 0.25) is 0 Å². The summed E-state index contributed by atoms with van der Waals surface area (Å²) in [6.45, 7) is 9.98. The van der Waals surface area contributed by atoms with Gasteiger partial charge in [-0.05, 0) is 63.3 Å². The lowest BCUT2D eigenvalue weighted by atomic mass is 10.1. The zero-order chi connectivity index (χ0) is 22.1. The lowest BCUT2D eigenvalue weighted by molar-refractivity contribution is 0.0441. The zero-order valence-electron chi connectivity index (χ0n) is 17.8. The molecule has 0 radical (unpaired) electrons. The second-order valence-electron chi connectivity index (χ2n) is 8.84. The Labute approximate surface area is 189 Å². The summed E-state index contributed by atoms with van der Waals surface area (Å²) >= 11 is 2.19. The molecule has 0 bridgehead atoms. The molecule has 8 nitrogen and oxygen atoms in total. The van der Waals surface area contributed by atoms with Crippen molar-refractivity contribution >= 4 is 34.6 Å². The van der Waals surface area contributed by atoms with Gasteiger partial charge in [0.05, 0.1) is 26.6 Å². The Morgan fingerprint density at radius 2 is 2.03 bits per heavy atom. The number of hydrogen-bond acceptors (Lipinski definition) is 5. The minimum Gasteiger partial charge on any atom is -0.489 e. The number of H-pyrrole nitrogens is 1. The molecule has 0 aliphatic carbocycles. The fourth-order valence-corrected chi connectivity index (χ4v) is 4.10. The molecule has 162 valence electrons. The lowest BCUT2D eigenvalue weighted by Gasteiger charge is -2.28. The van der Waals surface area contributed by atoms with Gasteiger partial charge in [-0.3, -0.25) is 9.78 Å². The van der Waals surface area contributed by atoms with Gasteiger partial charge < -0.3 is 25.1 Å². The van der Waals surface area contributed by atoms with Crippen LogP contribution in [0.4, 0.5) is 4.79 Å². The van der Waals surface area contributed by atoms with E-state index in [9.17, 15) is 9.59 Å². The van der Waals surface area contributed by atoms with Crippen LogP contribution in [0.5, 0.6) is 5.75 Å². The van der Waals surface area contributed by atoms with Crippen molar-refractivity contribution in [2.24, 2.45) is 0 Å². The number of carbonyl (C=O) groups is 2. The normalized spacial score (nSPS) is 14.0. The zero-order valence-corrected chi connectivity index (χ0v) is 20.0. The summed E-state index contributed by atoms with van der Waals surface area (Å²) < 4.78 is 12.2. The van der Waals surface area contributed by atoms with E-state index in [0.29, 0.717) is 17.9 Å². The van der Waals surface area contributed by atoms with Crippen LogP contribution in [0.15, 0.2) is 18.5 Å². The number of nitrogens with one attached hydrogen (secondary N) is 3. The van der Waals surface area contributed by atoms with Crippen molar-refractivity contribution in [3.63, 3.8) is 0 Å². The number of carbonyl (C=O) groups excluding carboxylic acids is 2. The van der Waals surface area contributed by atoms with E-state index in [2.05, 4.69) is 43.2 Å². The number of aromatic nitrogens is 2. The molecule has 1 aliphatic heterocycles. The summed E-state index contributed by atoms with van der Waals surface area (Å²) in [5, 5.41) is 5.71. The molecule has 9 heteroatoms. The Morgan fingerprint density at radius 1 is 1.30 bits per heavy atom. The molecule has 0 spiro atoms. The molecular formula is C21H27IN4O4. The second kappa shape index (κ2) is 8.44. The smallest absolute Gasteiger partial charge is 0.408 e. The number of ether oxygens (including phenoxy) is 2. The molecule has 0 saturated heterocycles. The molecule has 3 heterocycles. The van der Waals surface area contributed by atoms with Gasteiger partial charge in [-0.25, -0.2) is 4.79 Å². The van der Waals surface area contributed by atoms with Crippen LogP contribution in [0.25, 0.3) is 11.3 Å². The summed E-state index contributed by atoms with van der Waals surface area (Å²) in [7, 11) is 0. The van der Waals surface area contributed by atoms with Gasteiger partial charge in [0, 0.05) is 30.4 Å². The van der Waals surface area contributed by atoms with Gasteiger partial charge in [0.2, 0.25) is 0 Å². The maximum absolute atomic E-state index is 12.3. The highest BCUT2D eigenvalue weighted by Gasteiger charge is 2.28. The van der Waals surface area contributed by atoms with Gasteiger partial charge in [0.25, 0.3) is 5.91 Å². The van der Waals surface area contributed by atoms with Crippen LogP contribution in [0, 0.1) is 3.57 Å². The topological polar surface area (TPSA) is 105 Å². The molecule has 2 aromatic rings. The monoisotopic (exact) mass is 526 g/mol. The van der Waals surface area contributed by atoms with Crippen LogP contribution in [0.3, 0.4) is 0 Å². The molecule has 0 fully saturated rings. The number of nitrogens with zero attached hydrogens (tertiary/aromatic N) is 1. The van der Waals surface area contributed by atoms with Crippen molar-refractivity contribution in [1.82, 2.24) is 20.6 Å². The largest absolute Gasteiger partial charge is 0.489 e. The number of fused-ring (bicyclic) bond motifs is 1. The number of pyridine rings is 1. The third-order valence-corrected chi connectivity index (χ3v) is 5.46. The third kappa shape index (κ3) is 5.24. The van der Waals surface area contributed by atoms with Crippen molar-refractivity contribution < 1.29 is 19.1 Å². The molecule has 1 aliphatic rings. The molecule has 2 aromatic heterocycles. The summed E-state index contributed by atoms with van der Waals surface area (Å²) in [6.07, 6.45) is 3.57. The third-order valence-electron chi connectivity index (χ3n) is 4.39. The Bertz CT molecular complexity index is 962. The van der Waals surface area contributed by atoms with Gasteiger partial charge in [0.15, 0.2) is 0 Å². The van der Waals surface area contributed by atoms with Crippen LogP contribution in [-0.4, -0.2) is 46.3 Å². The predicted octanol–water partition coefficient (Wildman–Crippen LogP) is 3.65. The first-order chi connectivity index (χ1) is 14.0. The first-order valence-electron chi connectivity index (χ1n) is 9.74. The predicted molar refractivity (Wildman–Crippen MR) is 122 cm³/mol. The lowest BCUT2D eigenvalue weighted by Crippen LogP contribution is -2.49. The highest BCUT2D eigenvalue weighted by molar-refractivity contribution is 14.1. The van der Waals surface area contributed by atoms with E-state index in [1.807, 2.05) is 40.7 Å². The van der Waals surface area contributed by atoms with Crippen molar-refractivity contribution in [3.8, 4) is 17.0 Å². The fourth-order valence-electron chi connectivity index (χ4n) is 3.10. The first-order valence-corrected chi connectivity index (χ1v) is 10.8. The Kier molecular flexibility index (Phi) is 6.30. The maximum Gasteiger partial charge on any atom is 0.408 e. The molecule has 0 atom stereocenters. The van der Waals surface area contributed by atoms with E-state index < -0.39 is 17.2 Å². The summed E-state index contributed by atoms with van der Waals surface area (Å²) in [6, 6.07) is 1.85. The molecule has 30 heavy (non-hydrogen) atoms. The van der Waals surface area contributed by atoms with Crippen molar-refractivity contribution in [1.29, 1.82) is 0 Å². The second-order valence-corrected chi connectivity index (χ2v) is 9.92. The fraction of sp³-hybridized carbons (Fsp3) is 0.476.